The summed E-state index contributed by atoms with van der Waals surface area (Å²) in [7, 11) is 0. The Kier molecular flexibility index (Phi) is 6.18. The Labute approximate surface area is 179 Å². The minimum Gasteiger partial charge on any atom is -0.451 e. The molecule has 1 aromatic heterocycles. The van der Waals surface area contributed by atoms with Gasteiger partial charge in [0, 0.05) is 30.7 Å². The van der Waals surface area contributed by atoms with Gasteiger partial charge in [-0.2, -0.15) is 0 Å². The van der Waals surface area contributed by atoms with Crippen molar-refractivity contribution in [3.63, 3.8) is 0 Å². The molecule has 30 heavy (non-hydrogen) atoms. The number of aryl methyl sites for hydroxylation is 1. The maximum absolute atomic E-state index is 12.8. The molecule has 3 aromatic rings. The number of morpholine rings is 1. The molecule has 2 heterocycles. The van der Waals surface area contributed by atoms with Crippen molar-refractivity contribution in [1.29, 1.82) is 0 Å². The van der Waals surface area contributed by atoms with Crippen LogP contribution in [0.4, 0.5) is 0 Å². The first-order chi connectivity index (χ1) is 14.5. The number of amides is 1. The molecule has 1 N–H and O–H groups in total. The van der Waals surface area contributed by atoms with Crippen LogP contribution in [-0.2, 0) is 4.74 Å². The number of nitrogens with zero attached hydrogens (tertiary/aromatic N) is 1. The van der Waals surface area contributed by atoms with E-state index in [9.17, 15) is 9.59 Å². The Bertz CT molecular complexity index is 1100. The van der Waals surface area contributed by atoms with Crippen molar-refractivity contribution in [3.8, 4) is 0 Å². The average molecular weight is 427 g/mol. The van der Waals surface area contributed by atoms with Gasteiger partial charge in [0.2, 0.25) is 0 Å². The minimum atomic E-state index is -0.422. The average Bonchev–Trinajstić information content (AvgIpc) is 2.76. The van der Waals surface area contributed by atoms with Crippen molar-refractivity contribution in [1.82, 2.24) is 10.2 Å². The van der Waals surface area contributed by atoms with E-state index >= 15 is 0 Å². The highest BCUT2D eigenvalue weighted by molar-refractivity contribution is 6.31. The molecule has 2 aromatic carbocycles. The first kappa shape index (κ1) is 20.6. The number of hydrogen-bond acceptors (Lipinski definition) is 5. The summed E-state index contributed by atoms with van der Waals surface area (Å²) in [5, 5.41) is 3.73. The fraction of sp³-hybridized carbons (Fsp3) is 0.304. The highest BCUT2D eigenvalue weighted by atomic mass is 35.5. The van der Waals surface area contributed by atoms with Gasteiger partial charge in [-0.15, -0.1) is 0 Å². The van der Waals surface area contributed by atoms with E-state index in [4.69, 9.17) is 20.8 Å². The summed E-state index contributed by atoms with van der Waals surface area (Å²) in [6.07, 6.45) is 0. The summed E-state index contributed by atoms with van der Waals surface area (Å²) in [5.41, 5.74) is 2.34. The van der Waals surface area contributed by atoms with E-state index in [1.165, 1.54) is 17.7 Å². The van der Waals surface area contributed by atoms with E-state index in [-0.39, 0.29) is 17.2 Å². The first-order valence-corrected chi connectivity index (χ1v) is 10.3. The summed E-state index contributed by atoms with van der Waals surface area (Å²) < 4.78 is 11.1. The highest BCUT2D eigenvalue weighted by Gasteiger charge is 2.24. The fourth-order valence-corrected chi connectivity index (χ4v) is 3.82. The van der Waals surface area contributed by atoms with Gasteiger partial charge in [0.15, 0.2) is 11.2 Å². The van der Waals surface area contributed by atoms with Crippen LogP contribution in [0.15, 0.2) is 57.7 Å². The first-order valence-electron chi connectivity index (χ1n) is 9.91. The quantitative estimate of drug-likeness (QED) is 0.675. The number of nitrogens with one attached hydrogen (secondary N) is 1. The van der Waals surface area contributed by atoms with Gasteiger partial charge in [-0.05, 0) is 30.7 Å². The lowest BCUT2D eigenvalue weighted by atomic mass is 10.0. The molecule has 0 spiro atoms. The molecule has 1 amide bonds. The Hall–Kier alpha value is -2.67. The smallest absolute Gasteiger partial charge is 0.287 e. The van der Waals surface area contributed by atoms with E-state index in [1.54, 1.807) is 12.1 Å². The van der Waals surface area contributed by atoms with Crippen LogP contribution in [0, 0.1) is 6.92 Å². The summed E-state index contributed by atoms with van der Waals surface area (Å²) in [6.45, 7) is 5.35. The molecule has 4 rings (SSSR count). The number of halogens is 1. The zero-order valence-electron chi connectivity index (χ0n) is 16.7. The maximum atomic E-state index is 12.8. The lowest BCUT2D eigenvalue weighted by Gasteiger charge is -2.35. The summed E-state index contributed by atoms with van der Waals surface area (Å²) in [6, 6.07) is 14.3. The lowest BCUT2D eigenvalue weighted by molar-refractivity contribution is 0.0161. The molecule has 0 saturated carbocycles. The Morgan fingerprint density at radius 1 is 1.13 bits per heavy atom. The molecule has 1 aliphatic rings. The van der Waals surface area contributed by atoms with Crippen molar-refractivity contribution >= 4 is 28.5 Å². The predicted octanol–water partition coefficient (Wildman–Crippen LogP) is 3.56. The van der Waals surface area contributed by atoms with E-state index in [0.29, 0.717) is 35.8 Å². The van der Waals surface area contributed by atoms with Crippen molar-refractivity contribution in [2.24, 2.45) is 0 Å². The number of benzene rings is 2. The van der Waals surface area contributed by atoms with Gasteiger partial charge in [0.1, 0.15) is 5.58 Å². The van der Waals surface area contributed by atoms with Gasteiger partial charge < -0.3 is 14.5 Å². The normalized spacial score (nSPS) is 15.8. The van der Waals surface area contributed by atoms with Crippen molar-refractivity contribution in [3.05, 3.63) is 80.7 Å². The number of hydrogen-bond donors (Lipinski definition) is 1. The van der Waals surface area contributed by atoms with E-state index < -0.39 is 5.91 Å². The lowest BCUT2D eigenvalue weighted by Crippen LogP contribution is -2.43. The molecular formula is C23H23ClN2O4. The van der Waals surface area contributed by atoms with Crippen molar-refractivity contribution < 1.29 is 13.9 Å². The van der Waals surface area contributed by atoms with Crippen LogP contribution < -0.4 is 10.7 Å². The molecule has 1 aliphatic heterocycles. The zero-order chi connectivity index (χ0) is 21.1. The fourth-order valence-electron chi connectivity index (χ4n) is 3.65. The third-order valence-corrected chi connectivity index (χ3v) is 5.55. The highest BCUT2D eigenvalue weighted by Crippen LogP contribution is 2.22. The Balaban J connectivity index is 1.55. The number of carbonyl (C=O) groups is 1. The molecule has 7 heteroatoms. The van der Waals surface area contributed by atoms with Crippen LogP contribution in [0.1, 0.15) is 27.7 Å². The molecule has 0 radical (unpaired) electrons. The molecule has 6 nitrogen and oxygen atoms in total. The third kappa shape index (κ3) is 4.56. The molecule has 1 fully saturated rings. The molecule has 1 saturated heterocycles. The van der Waals surface area contributed by atoms with Crippen molar-refractivity contribution in [2.75, 3.05) is 32.8 Å². The second-order valence-corrected chi connectivity index (χ2v) is 7.84. The monoisotopic (exact) mass is 426 g/mol. The van der Waals surface area contributed by atoms with Gasteiger partial charge in [0.05, 0.1) is 24.6 Å². The topological polar surface area (TPSA) is 71.8 Å². The molecule has 0 unspecified atom stereocenters. The number of ether oxygens (including phenoxy) is 1. The number of carbonyl (C=O) groups excluding carboxylic acids is 1. The van der Waals surface area contributed by atoms with Crippen LogP contribution in [0.2, 0.25) is 5.02 Å². The van der Waals surface area contributed by atoms with Gasteiger partial charge in [-0.1, -0.05) is 41.4 Å². The minimum absolute atomic E-state index is 0.00411. The maximum Gasteiger partial charge on any atom is 0.287 e. The molecule has 1 atom stereocenters. The van der Waals surface area contributed by atoms with Gasteiger partial charge >= 0.3 is 0 Å². The SMILES string of the molecule is Cc1ccc([C@H](CNC(=O)c2cc(=O)c3cc(Cl)ccc3o2)N2CCOCC2)cc1. The third-order valence-electron chi connectivity index (χ3n) is 5.32. The largest absolute Gasteiger partial charge is 0.451 e. The zero-order valence-corrected chi connectivity index (χ0v) is 17.4. The predicted molar refractivity (Wildman–Crippen MR) is 116 cm³/mol. The summed E-state index contributed by atoms with van der Waals surface area (Å²) in [5.74, 6) is -0.436. The second-order valence-electron chi connectivity index (χ2n) is 7.40. The molecule has 0 bridgehead atoms. The Morgan fingerprint density at radius 2 is 1.87 bits per heavy atom. The molecule has 156 valence electrons. The second kappa shape index (κ2) is 9.00. The summed E-state index contributed by atoms with van der Waals surface area (Å²) >= 11 is 5.95. The van der Waals surface area contributed by atoms with Crippen LogP contribution in [0.5, 0.6) is 0 Å². The van der Waals surface area contributed by atoms with Crippen LogP contribution >= 0.6 is 11.6 Å². The van der Waals surface area contributed by atoms with Crippen LogP contribution in [0.25, 0.3) is 11.0 Å². The summed E-state index contributed by atoms with van der Waals surface area (Å²) in [4.78, 5) is 27.4. The van der Waals surface area contributed by atoms with Gasteiger partial charge in [0.25, 0.3) is 5.91 Å². The van der Waals surface area contributed by atoms with E-state index in [0.717, 1.165) is 18.7 Å². The van der Waals surface area contributed by atoms with Gasteiger partial charge in [-0.25, -0.2) is 0 Å². The van der Waals surface area contributed by atoms with Crippen molar-refractivity contribution in [2.45, 2.75) is 13.0 Å². The van der Waals surface area contributed by atoms with Crippen LogP contribution in [-0.4, -0.2) is 43.7 Å². The number of fused-ring (bicyclic) bond motifs is 1. The van der Waals surface area contributed by atoms with E-state index in [2.05, 4.69) is 34.5 Å². The standard InChI is InChI=1S/C23H23ClN2O4/c1-15-2-4-16(5-3-15)19(26-8-10-29-11-9-26)14-25-23(28)22-13-20(27)18-12-17(24)6-7-21(18)30-22/h2-7,12-13,19H,8-11,14H2,1H3,(H,25,28)/t19-/m0/s1. The van der Waals surface area contributed by atoms with Crippen LogP contribution in [0.3, 0.4) is 0 Å². The Morgan fingerprint density at radius 3 is 2.60 bits per heavy atom. The molecule has 0 aliphatic carbocycles. The van der Waals surface area contributed by atoms with Gasteiger partial charge in [-0.3, -0.25) is 14.5 Å². The van der Waals surface area contributed by atoms with E-state index in [1.807, 2.05) is 6.92 Å². The molecular weight excluding hydrogens is 404 g/mol. The number of rotatable bonds is 5.